The number of hydrogen-bond acceptors (Lipinski definition) is 4. The Labute approximate surface area is 135 Å². The highest BCUT2D eigenvalue weighted by Crippen LogP contribution is 2.31. The predicted molar refractivity (Wildman–Crippen MR) is 86.9 cm³/mol. The number of nitrogens with one attached hydrogen (secondary N) is 1. The van der Waals surface area contributed by atoms with Crippen LogP contribution >= 0.6 is 0 Å². The number of sulfone groups is 1. The second-order valence-electron chi connectivity index (χ2n) is 6.45. The molecule has 2 heterocycles. The highest BCUT2D eigenvalue weighted by Gasteiger charge is 2.30. The topological polar surface area (TPSA) is 66.5 Å². The lowest BCUT2D eigenvalue weighted by Gasteiger charge is -2.31. The maximum atomic E-state index is 14.3. The molecule has 0 bridgehead atoms. The SMILES string of the molecule is Cc1cc(F)c2c(c1)CCCN2CC(=O)N[C@@H]1CCS(=O)(=O)C1. The molecule has 1 saturated heterocycles. The highest BCUT2D eigenvalue weighted by molar-refractivity contribution is 7.91. The Balaban J connectivity index is 1.69. The monoisotopic (exact) mass is 340 g/mol. The molecular formula is C16H21FN2O3S. The second-order valence-corrected chi connectivity index (χ2v) is 8.68. The van der Waals surface area contributed by atoms with Gasteiger partial charge in [0.2, 0.25) is 5.91 Å². The molecule has 23 heavy (non-hydrogen) atoms. The number of anilines is 1. The summed E-state index contributed by atoms with van der Waals surface area (Å²) in [5.74, 6) is -0.419. The van der Waals surface area contributed by atoms with Gasteiger partial charge in [-0.2, -0.15) is 0 Å². The summed E-state index contributed by atoms with van der Waals surface area (Å²) in [5.41, 5.74) is 2.32. The van der Waals surface area contributed by atoms with E-state index in [0.29, 0.717) is 18.7 Å². The number of amides is 1. The zero-order valence-corrected chi connectivity index (χ0v) is 14.0. The zero-order valence-electron chi connectivity index (χ0n) is 13.1. The lowest BCUT2D eigenvalue weighted by molar-refractivity contribution is -0.120. The second kappa shape index (κ2) is 6.11. The van der Waals surface area contributed by atoms with Gasteiger partial charge in [-0.05, 0) is 43.4 Å². The molecule has 0 aliphatic carbocycles. The number of rotatable bonds is 3. The van der Waals surface area contributed by atoms with Crippen molar-refractivity contribution in [2.24, 2.45) is 0 Å². The van der Waals surface area contributed by atoms with Crippen LogP contribution in [0.2, 0.25) is 0 Å². The van der Waals surface area contributed by atoms with Crippen LogP contribution < -0.4 is 10.2 Å². The predicted octanol–water partition coefficient (Wildman–Crippen LogP) is 1.19. The van der Waals surface area contributed by atoms with Gasteiger partial charge in [0.05, 0.1) is 23.7 Å². The molecule has 5 nitrogen and oxygen atoms in total. The molecule has 3 rings (SSSR count). The van der Waals surface area contributed by atoms with Crippen LogP contribution in [-0.2, 0) is 21.1 Å². The summed E-state index contributed by atoms with van der Waals surface area (Å²) in [7, 11) is -3.02. The van der Waals surface area contributed by atoms with E-state index >= 15 is 0 Å². The summed E-state index contributed by atoms with van der Waals surface area (Å²) >= 11 is 0. The summed E-state index contributed by atoms with van der Waals surface area (Å²) in [4.78, 5) is 14.0. The minimum atomic E-state index is -3.02. The summed E-state index contributed by atoms with van der Waals surface area (Å²) in [5, 5.41) is 2.76. The molecule has 1 fully saturated rings. The number of carbonyl (C=O) groups is 1. The van der Waals surface area contributed by atoms with E-state index in [0.717, 1.165) is 24.0 Å². The first-order valence-electron chi connectivity index (χ1n) is 7.88. The molecule has 126 valence electrons. The van der Waals surface area contributed by atoms with Gasteiger partial charge < -0.3 is 10.2 Å². The molecule has 1 aromatic carbocycles. The summed E-state index contributed by atoms with van der Waals surface area (Å²) in [6.45, 7) is 2.54. The molecule has 1 aromatic rings. The van der Waals surface area contributed by atoms with Crippen molar-refractivity contribution in [1.82, 2.24) is 5.32 Å². The maximum absolute atomic E-state index is 14.3. The minimum absolute atomic E-state index is 0.00286. The standard InChI is InChI=1S/C16H21FN2O3S/c1-11-7-12-3-2-5-19(16(12)14(17)8-11)9-15(20)18-13-4-6-23(21,22)10-13/h7-8,13H,2-6,9-10H2,1H3,(H,18,20)/t13-/m1/s1. The average molecular weight is 340 g/mol. The quantitative estimate of drug-likeness (QED) is 0.898. The Kier molecular flexibility index (Phi) is 4.31. The van der Waals surface area contributed by atoms with Crippen molar-refractivity contribution in [2.45, 2.75) is 32.2 Å². The van der Waals surface area contributed by atoms with Gasteiger partial charge in [-0.3, -0.25) is 4.79 Å². The third-order valence-electron chi connectivity index (χ3n) is 4.41. The van der Waals surface area contributed by atoms with Gasteiger partial charge in [0.15, 0.2) is 9.84 Å². The highest BCUT2D eigenvalue weighted by atomic mass is 32.2. The molecule has 0 spiro atoms. The maximum Gasteiger partial charge on any atom is 0.239 e. The molecular weight excluding hydrogens is 319 g/mol. The van der Waals surface area contributed by atoms with Gasteiger partial charge in [-0.15, -0.1) is 0 Å². The van der Waals surface area contributed by atoms with Crippen molar-refractivity contribution >= 4 is 21.4 Å². The number of benzene rings is 1. The fraction of sp³-hybridized carbons (Fsp3) is 0.562. The number of nitrogens with zero attached hydrogens (tertiary/aromatic N) is 1. The van der Waals surface area contributed by atoms with Gasteiger partial charge in [-0.1, -0.05) is 6.07 Å². The molecule has 2 aliphatic heterocycles. The van der Waals surface area contributed by atoms with Crippen LogP contribution in [0.15, 0.2) is 12.1 Å². The fourth-order valence-electron chi connectivity index (χ4n) is 3.44. The van der Waals surface area contributed by atoms with Crippen molar-refractivity contribution in [3.8, 4) is 0 Å². The van der Waals surface area contributed by atoms with E-state index in [9.17, 15) is 17.6 Å². The van der Waals surface area contributed by atoms with Crippen LogP contribution in [0.5, 0.6) is 0 Å². The fourth-order valence-corrected chi connectivity index (χ4v) is 5.11. The van der Waals surface area contributed by atoms with Gasteiger partial charge in [0, 0.05) is 12.6 Å². The summed E-state index contributed by atoms with van der Waals surface area (Å²) < 4.78 is 37.2. The van der Waals surface area contributed by atoms with Crippen molar-refractivity contribution < 1.29 is 17.6 Å². The number of aryl methyl sites for hydroxylation is 2. The van der Waals surface area contributed by atoms with E-state index in [1.165, 1.54) is 6.07 Å². The van der Waals surface area contributed by atoms with Crippen molar-refractivity contribution in [2.75, 3.05) is 29.5 Å². The molecule has 0 radical (unpaired) electrons. The minimum Gasteiger partial charge on any atom is -0.360 e. The van der Waals surface area contributed by atoms with E-state index in [1.807, 2.05) is 13.0 Å². The molecule has 2 aliphatic rings. The van der Waals surface area contributed by atoms with E-state index in [4.69, 9.17) is 0 Å². The van der Waals surface area contributed by atoms with Crippen LogP contribution in [0, 0.1) is 12.7 Å². The number of hydrogen-bond donors (Lipinski definition) is 1. The number of carbonyl (C=O) groups excluding carboxylic acids is 1. The first-order valence-corrected chi connectivity index (χ1v) is 9.70. The number of halogens is 1. The van der Waals surface area contributed by atoms with E-state index in [-0.39, 0.29) is 35.8 Å². The largest absolute Gasteiger partial charge is 0.360 e. The normalized spacial score (nSPS) is 22.7. The van der Waals surface area contributed by atoms with Crippen LogP contribution in [0.3, 0.4) is 0 Å². The van der Waals surface area contributed by atoms with Gasteiger partial charge in [0.25, 0.3) is 0 Å². The smallest absolute Gasteiger partial charge is 0.239 e. The van der Waals surface area contributed by atoms with Gasteiger partial charge in [-0.25, -0.2) is 12.8 Å². The van der Waals surface area contributed by atoms with Crippen molar-refractivity contribution in [1.29, 1.82) is 0 Å². The van der Waals surface area contributed by atoms with Crippen LogP contribution in [0.25, 0.3) is 0 Å². The van der Waals surface area contributed by atoms with Crippen LogP contribution in [0.1, 0.15) is 24.0 Å². The Morgan fingerprint density at radius 3 is 2.91 bits per heavy atom. The van der Waals surface area contributed by atoms with E-state index in [2.05, 4.69) is 5.32 Å². The van der Waals surface area contributed by atoms with Crippen LogP contribution in [-0.4, -0.2) is 45.0 Å². The third-order valence-corrected chi connectivity index (χ3v) is 6.18. The average Bonchev–Trinajstić information content (AvgIpc) is 2.77. The Bertz CT molecular complexity index is 733. The lowest BCUT2D eigenvalue weighted by atomic mass is 9.99. The molecule has 1 atom stereocenters. The summed E-state index contributed by atoms with van der Waals surface area (Å²) in [6.07, 6.45) is 2.14. The molecule has 7 heteroatoms. The molecule has 1 amide bonds. The van der Waals surface area contributed by atoms with Crippen molar-refractivity contribution in [3.05, 3.63) is 29.1 Å². The van der Waals surface area contributed by atoms with Gasteiger partial charge >= 0.3 is 0 Å². The first-order chi connectivity index (χ1) is 10.8. The van der Waals surface area contributed by atoms with E-state index in [1.54, 1.807) is 4.90 Å². The molecule has 1 N–H and O–H groups in total. The Morgan fingerprint density at radius 2 is 2.22 bits per heavy atom. The third kappa shape index (κ3) is 3.65. The van der Waals surface area contributed by atoms with Gasteiger partial charge in [0.1, 0.15) is 5.82 Å². The van der Waals surface area contributed by atoms with E-state index < -0.39 is 9.84 Å². The Morgan fingerprint density at radius 1 is 1.43 bits per heavy atom. The first kappa shape index (κ1) is 16.2. The molecule has 0 saturated carbocycles. The summed E-state index contributed by atoms with van der Waals surface area (Å²) in [6, 6.07) is 3.13. The lowest BCUT2D eigenvalue weighted by Crippen LogP contribution is -2.44. The molecule has 0 unspecified atom stereocenters. The zero-order chi connectivity index (χ0) is 16.6. The number of fused-ring (bicyclic) bond motifs is 1. The Hall–Kier alpha value is -1.63. The van der Waals surface area contributed by atoms with Crippen molar-refractivity contribution in [3.63, 3.8) is 0 Å². The van der Waals surface area contributed by atoms with Crippen LogP contribution in [0.4, 0.5) is 10.1 Å². The molecule has 0 aromatic heterocycles.